The number of anilines is 1. The fourth-order valence-corrected chi connectivity index (χ4v) is 2.70. The van der Waals surface area contributed by atoms with Gasteiger partial charge in [0.2, 0.25) is 0 Å². The number of aromatic nitrogens is 1. The van der Waals surface area contributed by atoms with Crippen molar-refractivity contribution in [1.29, 1.82) is 5.26 Å². The molecule has 106 valence electrons. The van der Waals surface area contributed by atoms with Crippen molar-refractivity contribution >= 4 is 23.0 Å². The highest BCUT2D eigenvalue weighted by Crippen LogP contribution is 2.32. The summed E-state index contributed by atoms with van der Waals surface area (Å²) in [5, 5.41) is 23.1. The average Bonchev–Trinajstić information content (AvgIpc) is 2.41. The highest BCUT2D eigenvalue weighted by Gasteiger charge is 2.23. The maximum absolute atomic E-state index is 11.0. The Morgan fingerprint density at radius 2 is 2.20 bits per heavy atom. The van der Waals surface area contributed by atoms with Gasteiger partial charge in [0.05, 0.1) is 11.0 Å². The molecule has 1 aliphatic rings. The lowest BCUT2D eigenvalue weighted by Gasteiger charge is -2.28. The predicted octanol–water partition coefficient (Wildman–Crippen LogP) is 3.53. The first-order chi connectivity index (χ1) is 9.60. The minimum atomic E-state index is -0.465. The molecule has 1 heterocycles. The molecule has 1 aliphatic carbocycles. The molecule has 0 amide bonds. The second kappa shape index (κ2) is 6.53. The Hall–Kier alpha value is -1.87. The van der Waals surface area contributed by atoms with E-state index in [2.05, 4.69) is 16.4 Å². The van der Waals surface area contributed by atoms with Gasteiger partial charge in [0.15, 0.2) is 0 Å². The summed E-state index contributed by atoms with van der Waals surface area (Å²) in [5.74, 6) is 0.453. The molecule has 2 rings (SSSR count). The van der Waals surface area contributed by atoms with Crippen LogP contribution in [0.3, 0.4) is 0 Å². The number of nitro groups is 1. The van der Waals surface area contributed by atoms with Crippen molar-refractivity contribution in [2.45, 2.75) is 38.1 Å². The van der Waals surface area contributed by atoms with Gasteiger partial charge in [-0.15, -0.1) is 0 Å². The topological polar surface area (TPSA) is 91.8 Å². The molecular formula is C13H15ClN4O2. The number of hydrogen-bond acceptors (Lipinski definition) is 5. The van der Waals surface area contributed by atoms with E-state index in [9.17, 15) is 10.1 Å². The van der Waals surface area contributed by atoms with Crippen LogP contribution in [0, 0.1) is 27.4 Å². The van der Waals surface area contributed by atoms with Crippen molar-refractivity contribution in [3.8, 4) is 6.07 Å². The van der Waals surface area contributed by atoms with Crippen LogP contribution in [0.4, 0.5) is 11.4 Å². The van der Waals surface area contributed by atoms with Gasteiger partial charge in [-0.1, -0.05) is 11.6 Å². The quantitative estimate of drug-likeness (QED) is 0.521. The summed E-state index contributed by atoms with van der Waals surface area (Å²) in [5.41, 5.74) is 0.354. The third kappa shape index (κ3) is 3.58. The van der Waals surface area contributed by atoms with Crippen LogP contribution in [0.2, 0.25) is 5.15 Å². The van der Waals surface area contributed by atoms with Gasteiger partial charge in [0.1, 0.15) is 17.0 Å². The lowest BCUT2D eigenvalue weighted by atomic mass is 9.84. The highest BCUT2D eigenvalue weighted by atomic mass is 35.5. The molecule has 7 heteroatoms. The molecular weight excluding hydrogens is 280 g/mol. The van der Waals surface area contributed by atoms with E-state index in [1.54, 1.807) is 0 Å². The zero-order valence-corrected chi connectivity index (χ0v) is 11.6. The van der Waals surface area contributed by atoms with Crippen molar-refractivity contribution in [3.05, 3.63) is 27.5 Å². The van der Waals surface area contributed by atoms with Gasteiger partial charge in [0.25, 0.3) is 0 Å². The van der Waals surface area contributed by atoms with Crippen LogP contribution in [0.1, 0.15) is 32.1 Å². The Morgan fingerprint density at radius 3 is 2.80 bits per heavy atom. The van der Waals surface area contributed by atoms with E-state index in [1.807, 2.05) is 0 Å². The molecule has 0 unspecified atom stereocenters. The Labute approximate surface area is 121 Å². The summed E-state index contributed by atoms with van der Waals surface area (Å²) >= 11 is 5.79. The molecule has 0 spiro atoms. The van der Waals surface area contributed by atoms with Crippen LogP contribution in [-0.2, 0) is 0 Å². The third-order valence-corrected chi connectivity index (χ3v) is 3.84. The lowest BCUT2D eigenvalue weighted by molar-refractivity contribution is -0.384. The van der Waals surface area contributed by atoms with Gasteiger partial charge >= 0.3 is 5.69 Å². The van der Waals surface area contributed by atoms with Crippen LogP contribution in [0.25, 0.3) is 0 Å². The summed E-state index contributed by atoms with van der Waals surface area (Å²) in [6.07, 6.45) is 5.52. The van der Waals surface area contributed by atoms with Crippen LogP contribution in [-0.4, -0.2) is 15.9 Å². The first-order valence-corrected chi connectivity index (χ1v) is 6.91. The largest absolute Gasteiger partial charge is 0.377 e. The molecule has 0 aliphatic heterocycles. The molecule has 1 aromatic heterocycles. The first-order valence-electron chi connectivity index (χ1n) is 6.53. The van der Waals surface area contributed by atoms with E-state index in [0.29, 0.717) is 18.0 Å². The van der Waals surface area contributed by atoms with E-state index in [0.717, 1.165) is 25.7 Å². The number of rotatable bonds is 4. The Morgan fingerprint density at radius 1 is 1.50 bits per heavy atom. The molecule has 0 atom stereocenters. The van der Waals surface area contributed by atoms with Crippen molar-refractivity contribution in [3.63, 3.8) is 0 Å². The Bertz CT molecular complexity index is 536. The molecule has 0 aromatic carbocycles. The zero-order chi connectivity index (χ0) is 14.5. The molecule has 0 saturated heterocycles. The van der Waals surface area contributed by atoms with Gasteiger partial charge in [-0.3, -0.25) is 10.1 Å². The van der Waals surface area contributed by atoms with Gasteiger partial charge < -0.3 is 5.32 Å². The maximum Gasteiger partial charge on any atom is 0.310 e. The maximum atomic E-state index is 11.0. The van der Waals surface area contributed by atoms with Crippen molar-refractivity contribution in [2.75, 3.05) is 5.32 Å². The normalized spacial score (nSPS) is 22.0. The Balaban J connectivity index is 2.02. The second-order valence-corrected chi connectivity index (χ2v) is 5.39. The third-order valence-electron chi connectivity index (χ3n) is 3.63. The number of halogens is 1. The molecule has 1 fully saturated rings. The summed E-state index contributed by atoms with van der Waals surface area (Å²) in [6.45, 7) is 0. The summed E-state index contributed by atoms with van der Waals surface area (Å²) in [7, 11) is 0. The number of hydrogen-bond donors (Lipinski definition) is 1. The van der Waals surface area contributed by atoms with Gasteiger partial charge in [0, 0.05) is 18.5 Å². The van der Waals surface area contributed by atoms with Crippen LogP contribution in [0.5, 0.6) is 0 Å². The number of nitrogens with one attached hydrogen (secondary N) is 1. The molecule has 0 bridgehead atoms. The number of nitrogens with zero attached hydrogens (tertiary/aromatic N) is 3. The monoisotopic (exact) mass is 294 g/mol. The molecule has 20 heavy (non-hydrogen) atoms. The first kappa shape index (κ1) is 14.5. The number of nitriles is 1. The molecule has 1 N–H and O–H groups in total. The van der Waals surface area contributed by atoms with E-state index in [4.69, 9.17) is 16.9 Å². The van der Waals surface area contributed by atoms with Crippen LogP contribution < -0.4 is 5.32 Å². The smallest absolute Gasteiger partial charge is 0.310 e. The summed E-state index contributed by atoms with van der Waals surface area (Å²) < 4.78 is 0. The average molecular weight is 295 g/mol. The minimum absolute atomic E-state index is 0.0615. The SMILES string of the molecule is N#CCC1CCC(Nc2cc(Cl)ncc2[N+](=O)[O-])CC1. The van der Waals surface area contributed by atoms with E-state index >= 15 is 0 Å². The van der Waals surface area contributed by atoms with Gasteiger partial charge in [-0.2, -0.15) is 5.26 Å². The van der Waals surface area contributed by atoms with Crippen molar-refractivity contribution < 1.29 is 4.92 Å². The van der Waals surface area contributed by atoms with Crippen LogP contribution in [0.15, 0.2) is 12.3 Å². The van der Waals surface area contributed by atoms with Gasteiger partial charge in [-0.05, 0) is 31.6 Å². The van der Waals surface area contributed by atoms with Gasteiger partial charge in [-0.25, -0.2) is 4.98 Å². The summed E-state index contributed by atoms with van der Waals surface area (Å²) in [6, 6.07) is 3.87. The number of pyridine rings is 1. The summed E-state index contributed by atoms with van der Waals surface area (Å²) in [4.78, 5) is 14.2. The molecule has 6 nitrogen and oxygen atoms in total. The van der Waals surface area contributed by atoms with Crippen molar-refractivity contribution in [1.82, 2.24) is 4.98 Å². The molecule has 0 radical (unpaired) electrons. The van der Waals surface area contributed by atoms with E-state index in [-0.39, 0.29) is 16.9 Å². The van der Waals surface area contributed by atoms with Crippen molar-refractivity contribution in [2.24, 2.45) is 5.92 Å². The highest BCUT2D eigenvalue weighted by molar-refractivity contribution is 6.29. The van der Waals surface area contributed by atoms with E-state index < -0.39 is 4.92 Å². The molecule has 1 saturated carbocycles. The fourth-order valence-electron chi connectivity index (χ4n) is 2.54. The predicted molar refractivity (Wildman–Crippen MR) is 75.5 cm³/mol. The second-order valence-electron chi connectivity index (χ2n) is 5.01. The van der Waals surface area contributed by atoms with Crippen LogP contribution >= 0.6 is 11.6 Å². The standard InChI is InChI=1S/C13H15ClN4O2/c14-13-7-11(12(8-16-13)18(19)20)17-10-3-1-9(2-4-10)5-6-15/h7-10H,1-5H2,(H,16,17). The lowest BCUT2D eigenvalue weighted by Crippen LogP contribution is -2.26. The minimum Gasteiger partial charge on any atom is -0.377 e. The zero-order valence-electron chi connectivity index (χ0n) is 10.9. The Kier molecular flexibility index (Phi) is 4.74. The fraction of sp³-hybridized carbons (Fsp3) is 0.538. The molecule has 1 aromatic rings. The van der Waals surface area contributed by atoms with E-state index in [1.165, 1.54) is 12.3 Å².